The van der Waals surface area contributed by atoms with Crippen LogP contribution in [0.3, 0.4) is 0 Å². The molecule has 0 saturated heterocycles. The second-order valence-electron chi connectivity index (χ2n) is 6.64. The highest BCUT2D eigenvalue weighted by Gasteiger charge is 2.32. The molecule has 3 rings (SSSR count). The first-order valence-corrected chi connectivity index (χ1v) is 8.52. The minimum Gasteiger partial charge on any atom is -0.330 e. The highest BCUT2D eigenvalue weighted by atomic mass is 16.2. The maximum atomic E-state index is 12.5. The minimum absolute atomic E-state index is 0.0322. The van der Waals surface area contributed by atoms with Crippen molar-refractivity contribution in [2.24, 2.45) is 17.6 Å². The van der Waals surface area contributed by atoms with E-state index in [1.165, 1.54) is 0 Å². The third-order valence-electron chi connectivity index (χ3n) is 5.14. The molecule has 5 nitrogen and oxygen atoms in total. The molecule has 1 aromatic carbocycles. The normalized spacial score (nSPS) is 23.5. The standard InChI is InChI=1S/C18H25N3O2/c1-12(22)21-9-3-5-13-10-15(7-8-17(13)21)20-18(23)16-6-2-4-14(16)11-19/h7-8,10,14,16H,2-6,9,11,19H2,1H3,(H,20,23)/t14-,16-/m1/s1. The second-order valence-corrected chi connectivity index (χ2v) is 6.64. The van der Waals surface area contributed by atoms with Gasteiger partial charge in [0.1, 0.15) is 0 Å². The molecule has 124 valence electrons. The summed E-state index contributed by atoms with van der Waals surface area (Å²) in [4.78, 5) is 26.0. The smallest absolute Gasteiger partial charge is 0.227 e. The van der Waals surface area contributed by atoms with Crippen LogP contribution in [0.15, 0.2) is 18.2 Å². The summed E-state index contributed by atoms with van der Waals surface area (Å²) in [5.74, 6) is 0.488. The molecule has 3 N–H and O–H groups in total. The number of nitrogens with two attached hydrogens (primary N) is 1. The molecule has 0 unspecified atom stereocenters. The average Bonchev–Trinajstić information content (AvgIpc) is 3.02. The fraction of sp³-hybridized carbons (Fsp3) is 0.556. The van der Waals surface area contributed by atoms with Crippen LogP contribution in [0.1, 0.15) is 38.2 Å². The van der Waals surface area contributed by atoms with Crippen molar-refractivity contribution in [1.82, 2.24) is 0 Å². The van der Waals surface area contributed by atoms with Gasteiger partial charge in [-0.3, -0.25) is 9.59 Å². The molecule has 2 atom stereocenters. The van der Waals surface area contributed by atoms with Crippen LogP contribution in [-0.2, 0) is 16.0 Å². The van der Waals surface area contributed by atoms with E-state index in [1.54, 1.807) is 6.92 Å². The number of carbonyl (C=O) groups excluding carboxylic acids is 2. The predicted octanol–water partition coefficient (Wildman–Crippen LogP) is 2.30. The molecule has 1 aliphatic heterocycles. The largest absolute Gasteiger partial charge is 0.330 e. The van der Waals surface area contributed by atoms with Gasteiger partial charge in [0, 0.05) is 30.8 Å². The fourth-order valence-electron chi connectivity index (χ4n) is 3.90. The number of nitrogens with one attached hydrogen (secondary N) is 1. The summed E-state index contributed by atoms with van der Waals surface area (Å²) >= 11 is 0. The Kier molecular flexibility index (Phi) is 4.66. The summed E-state index contributed by atoms with van der Waals surface area (Å²) in [5, 5.41) is 3.04. The van der Waals surface area contributed by atoms with Crippen LogP contribution in [0.5, 0.6) is 0 Å². The molecule has 2 aliphatic rings. The Bertz CT molecular complexity index is 614. The number of hydrogen-bond donors (Lipinski definition) is 2. The van der Waals surface area contributed by atoms with Crippen molar-refractivity contribution in [3.8, 4) is 0 Å². The molecule has 23 heavy (non-hydrogen) atoms. The molecule has 0 spiro atoms. The maximum absolute atomic E-state index is 12.5. The number of amides is 2. The van der Waals surface area contributed by atoms with Crippen molar-refractivity contribution in [2.75, 3.05) is 23.3 Å². The van der Waals surface area contributed by atoms with Crippen molar-refractivity contribution in [1.29, 1.82) is 0 Å². The third kappa shape index (κ3) is 3.24. The van der Waals surface area contributed by atoms with Crippen LogP contribution < -0.4 is 16.0 Å². The Morgan fingerprint density at radius 2 is 2.13 bits per heavy atom. The van der Waals surface area contributed by atoms with E-state index in [0.717, 1.165) is 55.6 Å². The van der Waals surface area contributed by atoms with E-state index in [1.807, 2.05) is 23.1 Å². The van der Waals surface area contributed by atoms with Crippen LogP contribution in [0.25, 0.3) is 0 Å². The van der Waals surface area contributed by atoms with E-state index < -0.39 is 0 Å². The van der Waals surface area contributed by atoms with Crippen molar-refractivity contribution >= 4 is 23.2 Å². The SMILES string of the molecule is CC(=O)N1CCCc2cc(NC(=O)[C@@H]3CCC[C@@H]3CN)ccc21. The van der Waals surface area contributed by atoms with Crippen molar-refractivity contribution < 1.29 is 9.59 Å². The van der Waals surface area contributed by atoms with Gasteiger partial charge < -0.3 is 16.0 Å². The number of anilines is 2. The highest BCUT2D eigenvalue weighted by molar-refractivity contribution is 5.95. The zero-order valence-corrected chi connectivity index (χ0v) is 13.7. The molecule has 0 aromatic heterocycles. The molecule has 0 radical (unpaired) electrons. The lowest BCUT2D eigenvalue weighted by Crippen LogP contribution is -2.33. The van der Waals surface area contributed by atoms with Crippen molar-refractivity contribution in [3.05, 3.63) is 23.8 Å². The second kappa shape index (κ2) is 6.71. The number of fused-ring (bicyclic) bond motifs is 1. The molecule has 1 aliphatic carbocycles. The Hall–Kier alpha value is -1.88. The van der Waals surface area contributed by atoms with Gasteiger partial charge in [0.15, 0.2) is 0 Å². The van der Waals surface area contributed by atoms with E-state index >= 15 is 0 Å². The molecule has 1 saturated carbocycles. The van der Waals surface area contributed by atoms with E-state index in [2.05, 4.69) is 5.32 Å². The molecular weight excluding hydrogens is 290 g/mol. The number of hydrogen-bond acceptors (Lipinski definition) is 3. The number of carbonyl (C=O) groups is 2. The quantitative estimate of drug-likeness (QED) is 0.898. The Labute approximate surface area is 137 Å². The summed E-state index contributed by atoms with van der Waals surface area (Å²) in [6.07, 6.45) is 4.96. The summed E-state index contributed by atoms with van der Waals surface area (Å²) in [5.41, 5.74) is 8.70. The van der Waals surface area contributed by atoms with Gasteiger partial charge in [-0.15, -0.1) is 0 Å². The van der Waals surface area contributed by atoms with Gasteiger partial charge in [-0.2, -0.15) is 0 Å². The molecule has 0 bridgehead atoms. The van der Waals surface area contributed by atoms with Gasteiger partial charge in [0.25, 0.3) is 0 Å². The summed E-state index contributed by atoms with van der Waals surface area (Å²) in [6, 6.07) is 5.85. The van der Waals surface area contributed by atoms with Crippen LogP contribution in [0.2, 0.25) is 0 Å². The first-order chi connectivity index (χ1) is 11.1. The van der Waals surface area contributed by atoms with Gasteiger partial charge >= 0.3 is 0 Å². The lowest BCUT2D eigenvalue weighted by Gasteiger charge is -2.29. The number of rotatable bonds is 3. The van der Waals surface area contributed by atoms with Gasteiger partial charge in [-0.05, 0) is 61.9 Å². The summed E-state index contributed by atoms with van der Waals surface area (Å²) < 4.78 is 0. The van der Waals surface area contributed by atoms with E-state index in [-0.39, 0.29) is 17.7 Å². The first-order valence-electron chi connectivity index (χ1n) is 8.52. The average molecular weight is 315 g/mol. The Balaban J connectivity index is 1.74. The topological polar surface area (TPSA) is 75.4 Å². The Morgan fingerprint density at radius 1 is 1.30 bits per heavy atom. The molecule has 5 heteroatoms. The summed E-state index contributed by atoms with van der Waals surface area (Å²) in [6.45, 7) is 2.95. The Morgan fingerprint density at radius 3 is 2.87 bits per heavy atom. The van der Waals surface area contributed by atoms with Gasteiger partial charge in [-0.25, -0.2) is 0 Å². The van der Waals surface area contributed by atoms with Gasteiger partial charge in [0.2, 0.25) is 11.8 Å². The molecular formula is C18H25N3O2. The number of aryl methyl sites for hydroxylation is 1. The van der Waals surface area contributed by atoms with Crippen molar-refractivity contribution in [3.63, 3.8) is 0 Å². The molecule has 2 amide bonds. The minimum atomic E-state index is 0.0322. The van der Waals surface area contributed by atoms with Crippen LogP contribution in [-0.4, -0.2) is 24.9 Å². The van der Waals surface area contributed by atoms with Gasteiger partial charge in [0.05, 0.1) is 0 Å². The summed E-state index contributed by atoms with van der Waals surface area (Å²) in [7, 11) is 0. The monoisotopic (exact) mass is 315 g/mol. The van der Waals surface area contributed by atoms with E-state index in [9.17, 15) is 9.59 Å². The zero-order chi connectivity index (χ0) is 16.4. The lowest BCUT2D eigenvalue weighted by atomic mass is 9.95. The molecule has 1 heterocycles. The van der Waals surface area contributed by atoms with Crippen molar-refractivity contribution in [2.45, 2.75) is 39.0 Å². The molecule has 1 fully saturated rings. The highest BCUT2D eigenvalue weighted by Crippen LogP contribution is 2.33. The predicted molar refractivity (Wildman–Crippen MR) is 91.3 cm³/mol. The zero-order valence-electron chi connectivity index (χ0n) is 13.7. The van der Waals surface area contributed by atoms with Crippen LogP contribution in [0.4, 0.5) is 11.4 Å². The van der Waals surface area contributed by atoms with Crippen LogP contribution >= 0.6 is 0 Å². The fourth-order valence-corrected chi connectivity index (χ4v) is 3.90. The molecule has 1 aromatic rings. The van der Waals surface area contributed by atoms with E-state index in [0.29, 0.717) is 12.5 Å². The number of benzene rings is 1. The maximum Gasteiger partial charge on any atom is 0.227 e. The van der Waals surface area contributed by atoms with Gasteiger partial charge in [-0.1, -0.05) is 6.42 Å². The number of nitrogens with zero attached hydrogens (tertiary/aromatic N) is 1. The lowest BCUT2D eigenvalue weighted by molar-refractivity contribution is -0.120. The first kappa shape index (κ1) is 16.0. The van der Waals surface area contributed by atoms with Crippen LogP contribution in [0, 0.1) is 11.8 Å². The third-order valence-corrected chi connectivity index (χ3v) is 5.14. The van der Waals surface area contributed by atoms with E-state index in [4.69, 9.17) is 5.73 Å².